The highest BCUT2D eigenvalue weighted by Gasteiger charge is 2.00. The van der Waals surface area contributed by atoms with Gasteiger partial charge in [-0.2, -0.15) is 0 Å². The van der Waals surface area contributed by atoms with Gasteiger partial charge in [0.05, 0.1) is 6.61 Å². The van der Waals surface area contributed by atoms with E-state index in [-0.39, 0.29) is 5.91 Å². The molecular weight excluding hydrogens is 204 g/mol. The molecule has 0 heterocycles. The van der Waals surface area contributed by atoms with E-state index < -0.39 is 0 Å². The molecule has 0 radical (unpaired) electrons. The van der Waals surface area contributed by atoms with E-state index in [2.05, 4.69) is 5.32 Å². The highest BCUT2D eigenvalue weighted by atomic mass is 16.5. The molecule has 0 spiro atoms. The Labute approximate surface area is 95.8 Å². The second-order valence-electron chi connectivity index (χ2n) is 3.40. The normalized spacial score (nSPS) is 9.88. The zero-order chi connectivity index (χ0) is 11.8. The van der Waals surface area contributed by atoms with Crippen LogP contribution in [0.15, 0.2) is 24.3 Å². The van der Waals surface area contributed by atoms with E-state index in [1.807, 2.05) is 31.2 Å². The standard InChI is InChI=1S/C12H18N2O2/c1-2-16-11-5-3-4-10(8-11)9-14-12(15)6-7-13/h3-5,8H,2,6-7,9,13H2,1H3,(H,14,15). The number of rotatable bonds is 6. The zero-order valence-corrected chi connectivity index (χ0v) is 9.53. The average molecular weight is 222 g/mol. The molecule has 0 aliphatic carbocycles. The molecule has 0 bridgehead atoms. The van der Waals surface area contributed by atoms with E-state index in [1.165, 1.54) is 0 Å². The molecule has 16 heavy (non-hydrogen) atoms. The molecule has 0 aliphatic rings. The Kier molecular flexibility index (Phi) is 5.36. The summed E-state index contributed by atoms with van der Waals surface area (Å²) in [6, 6.07) is 7.68. The Morgan fingerprint density at radius 1 is 1.50 bits per heavy atom. The molecule has 3 N–H and O–H groups in total. The van der Waals surface area contributed by atoms with Crippen molar-refractivity contribution in [1.29, 1.82) is 0 Å². The van der Waals surface area contributed by atoms with Crippen LogP contribution in [0.1, 0.15) is 18.9 Å². The Morgan fingerprint density at radius 2 is 2.31 bits per heavy atom. The van der Waals surface area contributed by atoms with Gasteiger partial charge in [0.2, 0.25) is 5.91 Å². The topological polar surface area (TPSA) is 64.3 Å². The number of carbonyl (C=O) groups excluding carboxylic acids is 1. The smallest absolute Gasteiger partial charge is 0.221 e. The van der Waals surface area contributed by atoms with Gasteiger partial charge < -0.3 is 15.8 Å². The van der Waals surface area contributed by atoms with Gasteiger partial charge in [0, 0.05) is 19.5 Å². The number of nitrogens with two attached hydrogens (primary N) is 1. The van der Waals surface area contributed by atoms with Crippen LogP contribution in [0.4, 0.5) is 0 Å². The van der Waals surface area contributed by atoms with Crippen molar-refractivity contribution in [2.45, 2.75) is 19.9 Å². The fourth-order valence-corrected chi connectivity index (χ4v) is 1.33. The van der Waals surface area contributed by atoms with Gasteiger partial charge in [-0.3, -0.25) is 4.79 Å². The van der Waals surface area contributed by atoms with Crippen LogP contribution in [0, 0.1) is 0 Å². The van der Waals surface area contributed by atoms with Crippen molar-refractivity contribution in [3.8, 4) is 5.75 Å². The first-order chi connectivity index (χ1) is 7.76. The number of ether oxygens (including phenoxy) is 1. The van der Waals surface area contributed by atoms with Crippen LogP contribution in [0.25, 0.3) is 0 Å². The first-order valence-electron chi connectivity index (χ1n) is 5.44. The molecule has 0 saturated heterocycles. The quantitative estimate of drug-likeness (QED) is 0.756. The molecule has 4 nitrogen and oxygen atoms in total. The summed E-state index contributed by atoms with van der Waals surface area (Å²) in [4.78, 5) is 11.2. The average Bonchev–Trinajstić information content (AvgIpc) is 2.28. The van der Waals surface area contributed by atoms with E-state index >= 15 is 0 Å². The van der Waals surface area contributed by atoms with Crippen molar-refractivity contribution >= 4 is 5.91 Å². The van der Waals surface area contributed by atoms with Gasteiger partial charge in [-0.15, -0.1) is 0 Å². The second kappa shape index (κ2) is 6.85. The van der Waals surface area contributed by atoms with Gasteiger partial charge >= 0.3 is 0 Å². The second-order valence-corrected chi connectivity index (χ2v) is 3.40. The van der Waals surface area contributed by atoms with Crippen LogP contribution in [0.2, 0.25) is 0 Å². The van der Waals surface area contributed by atoms with Crippen molar-refractivity contribution in [2.24, 2.45) is 5.73 Å². The minimum absolute atomic E-state index is 0.0238. The van der Waals surface area contributed by atoms with Crippen molar-refractivity contribution in [2.75, 3.05) is 13.2 Å². The number of hydrogen-bond acceptors (Lipinski definition) is 3. The number of carbonyl (C=O) groups is 1. The lowest BCUT2D eigenvalue weighted by Crippen LogP contribution is -2.24. The first kappa shape index (κ1) is 12.5. The first-order valence-corrected chi connectivity index (χ1v) is 5.44. The van der Waals surface area contributed by atoms with E-state index in [0.717, 1.165) is 11.3 Å². The number of nitrogens with one attached hydrogen (secondary N) is 1. The maximum absolute atomic E-state index is 11.2. The van der Waals surface area contributed by atoms with Gasteiger partial charge in [-0.1, -0.05) is 12.1 Å². The fraction of sp³-hybridized carbons (Fsp3) is 0.417. The van der Waals surface area contributed by atoms with Crippen LogP contribution < -0.4 is 15.8 Å². The van der Waals surface area contributed by atoms with Crippen LogP contribution in [0.5, 0.6) is 5.75 Å². The van der Waals surface area contributed by atoms with Crippen LogP contribution >= 0.6 is 0 Å². The Balaban J connectivity index is 2.47. The summed E-state index contributed by atoms with van der Waals surface area (Å²) in [6.45, 7) is 3.48. The van der Waals surface area contributed by atoms with E-state index in [1.54, 1.807) is 0 Å². The maximum Gasteiger partial charge on any atom is 0.221 e. The maximum atomic E-state index is 11.2. The highest BCUT2D eigenvalue weighted by molar-refractivity contribution is 5.76. The third-order valence-electron chi connectivity index (χ3n) is 2.07. The molecule has 0 fully saturated rings. The lowest BCUT2D eigenvalue weighted by molar-refractivity contribution is -0.121. The zero-order valence-electron chi connectivity index (χ0n) is 9.53. The summed E-state index contributed by atoms with van der Waals surface area (Å²) in [6.07, 6.45) is 0.366. The lowest BCUT2D eigenvalue weighted by Gasteiger charge is -2.07. The SMILES string of the molecule is CCOc1cccc(CNC(=O)CCN)c1. The summed E-state index contributed by atoms with van der Waals surface area (Å²) >= 11 is 0. The van der Waals surface area contributed by atoms with Gasteiger partial charge in [-0.05, 0) is 24.6 Å². The molecular formula is C12H18N2O2. The van der Waals surface area contributed by atoms with E-state index in [4.69, 9.17) is 10.5 Å². The number of benzene rings is 1. The molecule has 1 amide bonds. The van der Waals surface area contributed by atoms with Crippen molar-refractivity contribution < 1.29 is 9.53 Å². The van der Waals surface area contributed by atoms with Crippen LogP contribution in [-0.2, 0) is 11.3 Å². The predicted octanol–water partition coefficient (Wildman–Crippen LogP) is 1.05. The predicted molar refractivity (Wildman–Crippen MR) is 63.1 cm³/mol. The van der Waals surface area contributed by atoms with Crippen molar-refractivity contribution in [1.82, 2.24) is 5.32 Å². The molecule has 4 heteroatoms. The lowest BCUT2D eigenvalue weighted by atomic mass is 10.2. The number of hydrogen-bond donors (Lipinski definition) is 2. The van der Waals surface area contributed by atoms with Crippen LogP contribution in [-0.4, -0.2) is 19.1 Å². The van der Waals surface area contributed by atoms with Gasteiger partial charge in [0.1, 0.15) is 5.75 Å². The molecule has 0 unspecified atom stereocenters. The number of amides is 1. The Hall–Kier alpha value is -1.55. The molecule has 1 aromatic rings. The molecule has 88 valence electrons. The van der Waals surface area contributed by atoms with Crippen LogP contribution in [0.3, 0.4) is 0 Å². The summed E-state index contributed by atoms with van der Waals surface area (Å²) < 4.78 is 5.37. The van der Waals surface area contributed by atoms with Gasteiger partial charge in [0.15, 0.2) is 0 Å². The molecule has 1 rings (SSSR count). The van der Waals surface area contributed by atoms with E-state index in [9.17, 15) is 4.79 Å². The van der Waals surface area contributed by atoms with Gasteiger partial charge in [0.25, 0.3) is 0 Å². The molecule has 0 aromatic heterocycles. The molecule has 0 atom stereocenters. The summed E-state index contributed by atoms with van der Waals surface area (Å²) in [5.41, 5.74) is 6.31. The summed E-state index contributed by atoms with van der Waals surface area (Å²) in [5, 5.41) is 2.79. The van der Waals surface area contributed by atoms with Gasteiger partial charge in [-0.25, -0.2) is 0 Å². The monoisotopic (exact) mass is 222 g/mol. The van der Waals surface area contributed by atoms with E-state index in [0.29, 0.717) is 26.1 Å². The third kappa shape index (κ3) is 4.31. The van der Waals surface area contributed by atoms with Crippen molar-refractivity contribution in [3.05, 3.63) is 29.8 Å². The Morgan fingerprint density at radius 3 is 3.00 bits per heavy atom. The highest BCUT2D eigenvalue weighted by Crippen LogP contribution is 2.12. The van der Waals surface area contributed by atoms with Crippen molar-refractivity contribution in [3.63, 3.8) is 0 Å². The Bertz CT molecular complexity index is 340. The third-order valence-corrected chi connectivity index (χ3v) is 2.07. The largest absolute Gasteiger partial charge is 0.494 e. The minimum atomic E-state index is -0.0238. The summed E-state index contributed by atoms with van der Waals surface area (Å²) in [7, 11) is 0. The summed E-state index contributed by atoms with van der Waals surface area (Å²) in [5.74, 6) is 0.803. The molecule has 0 saturated carbocycles. The molecule has 1 aromatic carbocycles. The molecule has 0 aliphatic heterocycles. The minimum Gasteiger partial charge on any atom is -0.494 e. The fourth-order valence-electron chi connectivity index (χ4n) is 1.33.